The van der Waals surface area contributed by atoms with Gasteiger partial charge in [0.1, 0.15) is 12.1 Å². The predicted molar refractivity (Wildman–Crippen MR) is 137 cm³/mol. The molecule has 0 saturated carbocycles. The summed E-state index contributed by atoms with van der Waals surface area (Å²) in [5, 5.41) is 0.711. The van der Waals surface area contributed by atoms with Crippen molar-refractivity contribution in [2.24, 2.45) is 0 Å². The lowest BCUT2D eigenvalue weighted by atomic mass is 10.1. The molecule has 32 heavy (non-hydrogen) atoms. The molecule has 0 aromatic carbocycles. The van der Waals surface area contributed by atoms with Gasteiger partial charge in [-0.2, -0.15) is 0 Å². The lowest BCUT2D eigenvalue weighted by molar-refractivity contribution is 0.185. The normalized spacial score (nSPS) is 19.9. The maximum Gasteiger partial charge on any atom is 0.135 e. The van der Waals surface area contributed by atoms with Crippen LogP contribution in [0.15, 0.2) is 29.6 Å². The van der Waals surface area contributed by atoms with Crippen LogP contribution in [-0.4, -0.2) is 77.5 Å². The van der Waals surface area contributed by atoms with Gasteiger partial charge in [-0.15, -0.1) is 11.6 Å². The highest BCUT2D eigenvalue weighted by atomic mass is 35.5. The predicted octanol–water partition coefficient (Wildman–Crippen LogP) is 4.89. The van der Waals surface area contributed by atoms with Crippen molar-refractivity contribution in [1.29, 1.82) is 0 Å². The highest BCUT2D eigenvalue weighted by molar-refractivity contribution is 6.31. The fraction of sp³-hybridized carbons (Fsp3) is 0.680. The van der Waals surface area contributed by atoms with Crippen LogP contribution in [0, 0.1) is 0 Å². The lowest BCUT2D eigenvalue weighted by Gasteiger charge is -2.39. The number of alkyl halides is 1. The summed E-state index contributed by atoms with van der Waals surface area (Å²) in [5.74, 6) is 1.62. The summed E-state index contributed by atoms with van der Waals surface area (Å²) in [6, 6.07) is 0.683. The van der Waals surface area contributed by atoms with Crippen LogP contribution < -0.4 is 4.90 Å². The van der Waals surface area contributed by atoms with Crippen molar-refractivity contribution in [3.63, 3.8) is 0 Å². The van der Waals surface area contributed by atoms with Gasteiger partial charge in [0.15, 0.2) is 0 Å². The number of rotatable bonds is 10. The molecule has 2 aliphatic heterocycles. The van der Waals surface area contributed by atoms with Gasteiger partial charge < -0.3 is 9.80 Å². The Hall–Kier alpha value is -1.14. The third kappa shape index (κ3) is 7.44. The van der Waals surface area contributed by atoms with Crippen LogP contribution >= 0.6 is 23.2 Å². The minimum absolute atomic E-state index is 0.448. The monoisotopic (exact) mass is 479 g/mol. The van der Waals surface area contributed by atoms with E-state index in [-0.39, 0.29) is 0 Å². The Kier molecular flexibility index (Phi) is 10.8. The SMILES string of the molecule is CCCCC(C)N1CCN(c2ncnc3c2CCN(CC/C=C\C(Cl)=C/CCl)CC3)CC1. The summed E-state index contributed by atoms with van der Waals surface area (Å²) in [6.45, 7) is 12.2. The van der Waals surface area contributed by atoms with E-state index in [0.29, 0.717) is 17.0 Å². The van der Waals surface area contributed by atoms with E-state index in [1.54, 1.807) is 6.33 Å². The molecule has 5 nitrogen and oxygen atoms in total. The average Bonchev–Trinajstić information content (AvgIpc) is 3.03. The number of aromatic nitrogens is 2. The number of fused-ring (bicyclic) bond motifs is 1. The highest BCUT2D eigenvalue weighted by Crippen LogP contribution is 2.25. The van der Waals surface area contributed by atoms with Crippen LogP contribution in [-0.2, 0) is 12.8 Å². The molecule has 1 atom stereocenters. The molecule has 1 unspecified atom stereocenters. The van der Waals surface area contributed by atoms with Crippen molar-refractivity contribution in [1.82, 2.24) is 19.8 Å². The van der Waals surface area contributed by atoms with E-state index in [1.807, 2.05) is 12.2 Å². The Morgan fingerprint density at radius 2 is 1.91 bits per heavy atom. The smallest absolute Gasteiger partial charge is 0.135 e. The summed E-state index contributed by atoms with van der Waals surface area (Å²) in [5.41, 5.74) is 2.60. The van der Waals surface area contributed by atoms with Gasteiger partial charge in [0, 0.05) is 74.8 Å². The molecule has 178 valence electrons. The minimum Gasteiger partial charge on any atom is -0.354 e. The van der Waals surface area contributed by atoms with E-state index in [0.717, 1.165) is 65.1 Å². The number of halogens is 2. The molecule has 1 saturated heterocycles. The summed E-state index contributed by atoms with van der Waals surface area (Å²) < 4.78 is 0. The lowest BCUT2D eigenvalue weighted by Crippen LogP contribution is -2.50. The van der Waals surface area contributed by atoms with Gasteiger partial charge in [0.2, 0.25) is 0 Å². The number of hydrogen-bond acceptors (Lipinski definition) is 5. The van der Waals surface area contributed by atoms with Crippen LogP contribution in [0.4, 0.5) is 5.82 Å². The first-order valence-corrected chi connectivity index (χ1v) is 13.2. The summed E-state index contributed by atoms with van der Waals surface area (Å²) >= 11 is 11.8. The Morgan fingerprint density at radius 1 is 1.12 bits per heavy atom. The topological polar surface area (TPSA) is 35.5 Å². The van der Waals surface area contributed by atoms with E-state index >= 15 is 0 Å². The largest absolute Gasteiger partial charge is 0.354 e. The number of hydrogen-bond donors (Lipinski definition) is 0. The van der Waals surface area contributed by atoms with E-state index < -0.39 is 0 Å². The van der Waals surface area contributed by atoms with Crippen molar-refractivity contribution in [2.75, 3.05) is 56.6 Å². The third-order valence-electron chi connectivity index (χ3n) is 6.73. The van der Waals surface area contributed by atoms with Crippen molar-refractivity contribution < 1.29 is 0 Å². The standard InChI is InChI=1S/C25H39Cl2N5/c1-3-4-7-21(2)31-16-18-32(19-17-31)25-23-10-14-30(15-11-24(23)28-20-29-25)13-6-5-8-22(27)9-12-26/h5,8-9,20-21H,3-4,6-7,10-19H2,1-2H3/b8-5-,22-9+. The molecule has 1 aromatic heterocycles. The molecule has 0 N–H and O–H groups in total. The van der Waals surface area contributed by atoms with Gasteiger partial charge in [0.25, 0.3) is 0 Å². The fourth-order valence-electron chi connectivity index (χ4n) is 4.70. The highest BCUT2D eigenvalue weighted by Gasteiger charge is 2.25. The van der Waals surface area contributed by atoms with Crippen molar-refractivity contribution in [3.8, 4) is 0 Å². The second-order valence-corrected chi connectivity index (χ2v) is 9.66. The zero-order valence-corrected chi connectivity index (χ0v) is 21.3. The van der Waals surface area contributed by atoms with Crippen LogP contribution in [0.1, 0.15) is 50.8 Å². The minimum atomic E-state index is 0.448. The molecule has 7 heteroatoms. The number of allylic oxidation sites excluding steroid dienone is 3. The van der Waals surface area contributed by atoms with E-state index in [4.69, 9.17) is 28.2 Å². The van der Waals surface area contributed by atoms with Gasteiger partial charge in [-0.25, -0.2) is 9.97 Å². The van der Waals surface area contributed by atoms with Gasteiger partial charge >= 0.3 is 0 Å². The quantitative estimate of drug-likeness (QED) is 0.352. The van der Waals surface area contributed by atoms with Crippen molar-refractivity contribution in [3.05, 3.63) is 40.8 Å². The summed E-state index contributed by atoms with van der Waals surface area (Å²) in [7, 11) is 0. The maximum absolute atomic E-state index is 6.08. The first-order valence-electron chi connectivity index (χ1n) is 12.2. The van der Waals surface area contributed by atoms with Crippen molar-refractivity contribution in [2.45, 2.75) is 58.4 Å². The molecular weight excluding hydrogens is 441 g/mol. The second kappa shape index (κ2) is 13.5. The Labute approximate surface area is 204 Å². The molecule has 1 aromatic rings. The molecule has 0 bridgehead atoms. The number of nitrogens with zero attached hydrogens (tertiary/aromatic N) is 5. The van der Waals surface area contributed by atoms with Gasteiger partial charge in [0.05, 0.1) is 5.69 Å². The Balaban J connectivity index is 1.54. The first-order chi connectivity index (χ1) is 15.6. The van der Waals surface area contributed by atoms with E-state index in [2.05, 4.69) is 39.6 Å². The van der Waals surface area contributed by atoms with Crippen LogP contribution in [0.5, 0.6) is 0 Å². The first kappa shape index (κ1) is 25.5. The molecule has 2 aliphatic rings. The number of piperazine rings is 1. The number of unbranched alkanes of at least 4 members (excludes halogenated alkanes) is 1. The zero-order chi connectivity index (χ0) is 22.8. The van der Waals surface area contributed by atoms with Gasteiger partial charge in [-0.1, -0.05) is 43.5 Å². The van der Waals surface area contributed by atoms with Gasteiger partial charge in [-0.3, -0.25) is 4.90 Å². The third-order valence-corrected chi connectivity index (χ3v) is 7.16. The van der Waals surface area contributed by atoms with E-state index in [9.17, 15) is 0 Å². The van der Waals surface area contributed by atoms with Crippen LogP contribution in [0.25, 0.3) is 0 Å². The maximum atomic E-state index is 6.08. The average molecular weight is 481 g/mol. The molecule has 3 heterocycles. The van der Waals surface area contributed by atoms with Gasteiger partial charge in [-0.05, 0) is 32.3 Å². The molecule has 0 aliphatic carbocycles. The molecule has 0 amide bonds. The zero-order valence-electron chi connectivity index (χ0n) is 19.8. The molecule has 1 fully saturated rings. The second-order valence-electron chi connectivity index (χ2n) is 8.91. The summed E-state index contributed by atoms with van der Waals surface area (Å²) in [6.07, 6.45) is 14.6. The summed E-state index contributed by atoms with van der Waals surface area (Å²) in [4.78, 5) is 17.1. The Bertz CT molecular complexity index is 759. The Morgan fingerprint density at radius 3 is 2.66 bits per heavy atom. The van der Waals surface area contributed by atoms with E-state index in [1.165, 1.54) is 36.3 Å². The van der Waals surface area contributed by atoms with Crippen LogP contribution in [0.3, 0.4) is 0 Å². The molecule has 3 rings (SSSR count). The molecule has 0 spiro atoms. The van der Waals surface area contributed by atoms with Crippen molar-refractivity contribution >= 4 is 29.0 Å². The van der Waals surface area contributed by atoms with Crippen LogP contribution in [0.2, 0.25) is 0 Å². The number of anilines is 1. The fourth-order valence-corrected chi connectivity index (χ4v) is 5.11. The molecule has 0 radical (unpaired) electrons. The molecular formula is C25H39Cl2N5.